The van der Waals surface area contributed by atoms with Crippen molar-refractivity contribution < 1.29 is 26.3 Å². The maximum atomic E-state index is 13.1. The normalized spacial score (nSPS) is 17.5. The molecule has 0 nitrogen and oxygen atoms in total. The van der Waals surface area contributed by atoms with E-state index in [9.17, 15) is 26.3 Å². The number of hydrogen-bond acceptors (Lipinski definition) is 2. The van der Waals surface area contributed by atoms with Gasteiger partial charge in [0.25, 0.3) is 0 Å². The van der Waals surface area contributed by atoms with E-state index in [4.69, 9.17) is 11.6 Å². The number of fused-ring (bicyclic) bond motifs is 1. The van der Waals surface area contributed by atoms with Gasteiger partial charge in [0.1, 0.15) is 0 Å². The van der Waals surface area contributed by atoms with E-state index in [1.54, 1.807) is 36.0 Å². The first-order chi connectivity index (χ1) is 15.3. The molecule has 1 atom stereocenters. The number of thioether (sulfide) groups is 2. The molecule has 0 saturated carbocycles. The molecule has 9 heteroatoms. The Hall–Kier alpha value is -0.990. The molecule has 0 saturated heterocycles. The van der Waals surface area contributed by atoms with E-state index in [1.807, 2.05) is 6.07 Å². The minimum absolute atomic E-state index is 0.207. The van der Waals surface area contributed by atoms with Crippen molar-refractivity contribution in [1.82, 2.24) is 0 Å². The first-order valence-corrected chi connectivity index (χ1v) is 12.9. The lowest BCUT2D eigenvalue weighted by atomic mass is 9.92. The summed E-state index contributed by atoms with van der Waals surface area (Å²) in [5.74, 6) is 0.147. The van der Waals surface area contributed by atoms with Gasteiger partial charge in [0.15, 0.2) is 5.41 Å². The zero-order valence-corrected chi connectivity index (χ0v) is 20.6. The van der Waals surface area contributed by atoms with Crippen LogP contribution < -0.4 is 0 Å². The first-order valence-electron chi connectivity index (χ1n) is 10.6. The first kappa shape index (κ1) is 26.6. The summed E-state index contributed by atoms with van der Waals surface area (Å²) in [5.41, 5.74) is -0.217. The van der Waals surface area contributed by atoms with Crippen molar-refractivity contribution in [3.63, 3.8) is 0 Å². The fourth-order valence-electron chi connectivity index (χ4n) is 3.63. The van der Waals surface area contributed by atoms with Crippen LogP contribution in [0.2, 0.25) is 5.02 Å². The van der Waals surface area contributed by atoms with E-state index in [1.165, 1.54) is 11.1 Å². The van der Waals surface area contributed by atoms with Crippen LogP contribution in [0, 0.1) is 11.3 Å². The van der Waals surface area contributed by atoms with Crippen molar-refractivity contribution in [3.8, 4) is 0 Å². The second-order valence-corrected chi connectivity index (χ2v) is 11.2. The van der Waals surface area contributed by atoms with Crippen molar-refractivity contribution in [2.24, 2.45) is 11.3 Å². The molecule has 1 aliphatic carbocycles. The highest BCUT2D eigenvalue weighted by atomic mass is 35.5. The molecule has 0 aliphatic heterocycles. The van der Waals surface area contributed by atoms with E-state index in [2.05, 4.69) is 13.0 Å². The third-order valence-electron chi connectivity index (χ3n) is 6.19. The Kier molecular flexibility index (Phi) is 8.33. The standard InChI is InChI=1S/C24H25ClF6S2/c1-15-3-7-17-8-12-20(25)21(19(17)11-4-15)32-13-16-5-9-18(10-6-16)33-14-22(2,23(26,27)28)24(29,30)31/h5-6,8-10,12,15H,3-4,7,11,13-14H2,1-2H3/t15-/m1/s1. The van der Waals surface area contributed by atoms with Crippen molar-refractivity contribution in [1.29, 1.82) is 0 Å². The molecule has 0 fully saturated rings. The number of rotatable bonds is 6. The molecule has 0 radical (unpaired) electrons. The van der Waals surface area contributed by atoms with Crippen LogP contribution in [-0.4, -0.2) is 18.1 Å². The molecule has 0 amide bonds. The Morgan fingerprint density at radius 3 is 2.09 bits per heavy atom. The van der Waals surface area contributed by atoms with E-state index in [0.717, 1.165) is 36.1 Å². The molecule has 0 N–H and O–H groups in total. The highest BCUT2D eigenvalue weighted by Gasteiger charge is 2.67. The summed E-state index contributed by atoms with van der Waals surface area (Å²) in [4.78, 5) is 1.43. The molecule has 33 heavy (non-hydrogen) atoms. The van der Waals surface area contributed by atoms with Gasteiger partial charge in [-0.1, -0.05) is 36.7 Å². The van der Waals surface area contributed by atoms with Gasteiger partial charge < -0.3 is 0 Å². The molecule has 0 aromatic heterocycles. The average Bonchev–Trinajstić information content (AvgIpc) is 2.92. The van der Waals surface area contributed by atoms with Gasteiger partial charge in [-0.05, 0) is 73.4 Å². The maximum Gasteiger partial charge on any atom is 0.403 e. The van der Waals surface area contributed by atoms with Crippen molar-refractivity contribution in [3.05, 3.63) is 58.1 Å². The molecule has 2 aromatic rings. The zero-order valence-electron chi connectivity index (χ0n) is 18.2. The zero-order chi connectivity index (χ0) is 24.4. The largest absolute Gasteiger partial charge is 0.403 e. The third-order valence-corrected chi connectivity index (χ3v) is 9.18. The van der Waals surface area contributed by atoms with Gasteiger partial charge >= 0.3 is 12.4 Å². The van der Waals surface area contributed by atoms with E-state index in [-0.39, 0.29) is 6.92 Å². The Labute approximate surface area is 203 Å². The van der Waals surface area contributed by atoms with Crippen LogP contribution in [0.25, 0.3) is 0 Å². The summed E-state index contributed by atoms with van der Waals surface area (Å²) < 4.78 is 78.5. The third kappa shape index (κ3) is 6.17. The van der Waals surface area contributed by atoms with Crippen molar-refractivity contribution >= 4 is 35.1 Å². The van der Waals surface area contributed by atoms with Gasteiger partial charge in [0, 0.05) is 21.3 Å². The van der Waals surface area contributed by atoms with Gasteiger partial charge in [-0.3, -0.25) is 0 Å². The molecular weight excluding hydrogens is 502 g/mol. The average molecular weight is 527 g/mol. The minimum Gasteiger partial charge on any atom is -0.170 e. The van der Waals surface area contributed by atoms with Gasteiger partial charge in [-0.2, -0.15) is 26.3 Å². The quantitative estimate of drug-likeness (QED) is 0.209. The Balaban J connectivity index is 1.67. The lowest BCUT2D eigenvalue weighted by molar-refractivity contribution is -0.325. The predicted octanol–water partition coefficient (Wildman–Crippen LogP) is 9.37. The molecule has 0 spiro atoms. The van der Waals surface area contributed by atoms with Gasteiger partial charge in [0.05, 0.1) is 5.02 Å². The monoisotopic (exact) mass is 526 g/mol. The molecule has 0 bridgehead atoms. The molecule has 0 unspecified atom stereocenters. The van der Waals surface area contributed by atoms with Crippen molar-refractivity contribution in [2.75, 3.05) is 5.75 Å². The Morgan fingerprint density at radius 2 is 1.48 bits per heavy atom. The smallest absolute Gasteiger partial charge is 0.170 e. The van der Waals surface area contributed by atoms with E-state index in [0.29, 0.717) is 33.4 Å². The van der Waals surface area contributed by atoms with Crippen LogP contribution in [0.4, 0.5) is 26.3 Å². The fraction of sp³-hybridized carbons (Fsp3) is 0.500. The summed E-state index contributed by atoms with van der Waals surface area (Å²) in [5, 5.41) is 0.707. The number of halogens is 7. The van der Waals surface area contributed by atoms with Gasteiger partial charge in [0.2, 0.25) is 0 Å². The molecule has 2 aromatic carbocycles. The topological polar surface area (TPSA) is 0 Å². The summed E-state index contributed by atoms with van der Waals surface area (Å²) in [6.45, 7) is 2.46. The summed E-state index contributed by atoms with van der Waals surface area (Å²) >= 11 is 8.67. The van der Waals surface area contributed by atoms with Gasteiger partial charge in [-0.25, -0.2) is 0 Å². The van der Waals surface area contributed by atoms with Gasteiger partial charge in [-0.15, -0.1) is 23.5 Å². The van der Waals surface area contributed by atoms with Crippen LogP contribution >= 0.6 is 35.1 Å². The minimum atomic E-state index is -5.38. The van der Waals surface area contributed by atoms with Crippen LogP contribution in [0.15, 0.2) is 46.2 Å². The number of alkyl halides is 6. The fourth-order valence-corrected chi connectivity index (χ4v) is 6.20. The molecule has 182 valence electrons. The van der Waals surface area contributed by atoms with Crippen LogP contribution in [0.5, 0.6) is 0 Å². The number of hydrogen-bond donors (Lipinski definition) is 0. The lowest BCUT2D eigenvalue weighted by Crippen LogP contribution is -2.49. The maximum absolute atomic E-state index is 13.1. The summed E-state index contributed by atoms with van der Waals surface area (Å²) in [6, 6.07) is 10.7. The van der Waals surface area contributed by atoms with Crippen LogP contribution in [0.1, 0.15) is 43.4 Å². The summed E-state index contributed by atoms with van der Waals surface area (Å²) in [6.07, 6.45) is -6.48. The Morgan fingerprint density at radius 1 is 0.879 bits per heavy atom. The summed E-state index contributed by atoms with van der Waals surface area (Å²) in [7, 11) is 0. The second-order valence-electron chi connectivity index (χ2n) is 8.75. The molecule has 1 aliphatic rings. The SMILES string of the molecule is C[C@@H]1CCc2ccc(Cl)c(SCc3ccc(SCC(C)(C(F)(F)F)C(F)(F)F)cc3)c2CC1. The lowest BCUT2D eigenvalue weighted by Gasteiger charge is -2.33. The predicted molar refractivity (Wildman–Crippen MR) is 124 cm³/mol. The highest BCUT2D eigenvalue weighted by molar-refractivity contribution is 7.99. The molecule has 0 heterocycles. The molecule has 3 rings (SSSR count). The number of aryl methyl sites for hydroxylation is 1. The van der Waals surface area contributed by atoms with Crippen LogP contribution in [0.3, 0.4) is 0 Å². The Bertz CT molecular complexity index is 939. The van der Waals surface area contributed by atoms with Crippen molar-refractivity contribution in [2.45, 2.75) is 67.4 Å². The number of benzene rings is 2. The van der Waals surface area contributed by atoms with Crippen LogP contribution in [-0.2, 0) is 18.6 Å². The van der Waals surface area contributed by atoms with E-state index < -0.39 is 23.5 Å². The highest BCUT2D eigenvalue weighted by Crippen LogP contribution is 2.52. The van der Waals surface area contributed by atoms with E-state index >= 15 is 0 Å². The second kappa shape index (κ2) is 10.3. The molecular formula is C24H25ClF6S2.